The number of benzene rings is 2. The van der Waals surface area contributed by atoms with Gasteiger partial charge in [0.25, 0.3) is 5.91 Å². The molecule has 0 aromatic heterocycles. The smallest absolute Gasteiger partial charge is 0.335 e. The van der Waals surface area contributed by atoms with Gasteiger partial charge in [0.1, 0.15) is 5.75 Å². The zero-order valence-corrected chi connectivity index (χ0v) is 12.8. The molecule has 7 heteroatoms. The van der Waals surface area contributed by atoms with Gasteiger partial charge in [-0.05, 0) is 36.4 Å². The number of aromatic carboxylic acids is 1. The van der Waals surface area contributed by atoms with Crippen LogP contribution >= 0.6 is 27.5 Å². The maximum atomic E-state index is 12.1. The van der Waals surface area contributed by atoms with Gasteiger partial charge in [-0.15, -0.1) is 0 Å². The van der Waals surface area contributed by atoms with Crippen molar-refractivity contribution in [2.75, 3.05) is 5.32 Å². The van der Waals surface area contributed by atoms with E-state index in [9.17, 15) is 14.7 Å². The number of halogens is 2. The molecule has 0 saturated carbocycles. The second-order valence-corrected chi connectivity index (χ2v) is 5.47. The summed E-state index contributed by atoms with van der Waals surface area (Å²) in [4.78, 5) is 23.1. The molecule has 0 atom stereocenters. The second kappa shape index (κ2) is 6.15. The third kappa shape index (κ3) is 3.74. The number of carboxylic acid groups (broad SMARTS) is 1. The molecule has 0 aliphatic heterocycles. The molecule has 2 aromatic rings. The van der Waals surface area contributed by atoms with Gasteiger partial charge in [-0.25, -0.2) is 4.79 Å². The largest absolute Gasteiger partial charge is 0.508 e. The number of phenolic OH excluding ortho intramolecular Hbond substituents is 1. The van der Waals surface area contributed by atoms with Crippen LogP contribution in [0.4, 0.5) is 5.69 Å². The summed E-state index contributed by atoms with van der Waals surface area (Å²) in [7, 11) is 0. The van der Waals surface area contributed by atoms with Crippen LogP contribution in [-0.4, -0.2) is 22.1 Å². The summed E-state index contributed by atoms with van der Waals surface area (Å²) in [5.41, 5.74) is 0.418. The number of rotatable bonds is 3. The zero-order chi connectivity index (χ0) is 15.6. The van der Waals surface area contributed by atoms with Gasteiger partial charge in [0.15, 0.2) is 0 Å². The highest BCUT2D eigenvalue weighted by Crippen LogP contribution is 2.24. The van der Waals surface area contributed by atoms with Gasteiger partial charge in [-0.1, -0.05) is 27.5 Å². The SMILES string of the molecule is O=C(O)c1cc(Br)cc(NC(=O)c2cc(O)ccc2Cl)c1. The summed E-state index contributed by atoms with van der Waals surface area (Å²) < 4.78 is 0.514. The fraction of sp³-hybridized carbons (Fsp3) is 0. The lowest BCUT2D eigenvalue weighted by Crippen LogP contribution is -2.13. The van der Waals surface area contributed by atoms with E-state index in [0.717, 1.165) is 0 Å². The van der Waals surface area contributed by atoms with Crippen molar-refractivity contribution in [2.24, 2.45) is 0 Å². The monoisotopic (exact) mass is 369 g/mol. The topological polar surface area (TPSA) is 86.6 Å². The maximum Gasteiger partial charge on any atom is 0.335 e. The summed E-state index contributed by atoms with van der Waals surface area (Å²) in [5.74, 6) is -1.75. The van der Waals surface area contributed by atoms with Crippen LogP contribution in [-0.2, 0) is 0 Å². The van der Waals surface area contributed by atoms with Crippen LogP contribution in [0.5, 0.6) is 5.75 Å². The van der Waals surface area contributed by atoms with Crippen molar-refractivity contribution in [3.05, 3.63) is 57.0 Å². The molecule has 0 aliphatic carbocycles. The van der Waals surface area contributed by atoms with Crippen LogP contribution in [0.25, 0.3) is 0 Å². The Hall–Kier alpha value is -2.05. The van der Waals surface area contributed by atoms with Crippen LogP contribution in [0.2, 0.25) is 5.02 Å². The van der Waals surface area contributed by atoms with Crippen LogP contribution < -0.4 is 5.32 Å². The Morgan fingerprint density at radius 3 is 2.52 bits per heavy atom. The van der Waals surface area contributed by atoms with Gasteiger partial charge < -0.3 is 15.5 Å². The number of carbonyl (C=O) groups is 2. The van der Waals surface area contributed by atoms with Crippen LogP contribution in [0.15, 0.2) is 40.9 Å². The number of aromatic hydroxyl groups is 1. The minimum Gasteiger partial charge on any atom is -0.508 e. The number of carboxylic acids is 1. The first kappa shape index (κ1) is 15.3. The Labute approximate surface area is 133 Å². The Morgan fingerprint density at radius 1 is 1.14 bits per heavy atom. The summed E-state index contributed by atoms with van der Waals surface area (Å²) >= 11 is 9.07. The molecule has 21 heavy (non-hydrogen) atoms. The normalized spacial score (nSPS) is 10.2. The Balaban J connectivity index is 2.31. The third-order valence-electron chi connectivity index (χ3n) is 2.60. The van der Waals surface area contributed by atoms with E-state index in [-0.39, 0.29) is 21.9 Å². The van der Waals surface area contributed by atoms with E-state index in [4.69, 9.17) is 16.7 Å². The number of hydrogen-bond donors (Lipinski definition) is 3. The van der Waals surface area contributed by atoms with E-state index in [1.165, 1.54) is 30.3 Å². The van der Waals surface area contributed by atoms with Crippen molar-refractivity contribution in [3.63, 3.8) is 0 Å². The molecule has 0 saturated heterocycles. The summed E-state index contributed by atoms with van der Waals surface area (Å²) in [5, 5.41) is 21.1. The average molecular weight is 371 g/mol. The highest BCUT2D eigenvalue weighted by Gasteiger charge is 2.13. The quantitative estimate of drug-likeness (QED) is 0.768. The van der Waals surface area contributed by atoms with E-state index in [2.05, 4.69) is 21.2 Å². The van der Waals surface area contributed by atoms with Crippen LogP contribution in [0.1, 0.15) is 20.7 Å². The molecule has 0 spiro atoms. The molecule has 3 N–H and O–H groups in total. The first-order chi connectivity index (χ1) is 9.86. The van der Waals surface area contributed by atoms with Crippen molar-refractivity contribution >= 4 is 45.1 Å². The molecule has 108 valence electrons. The van der Waals surface area contributed by atoms with E-state index < -0.39 is 11.9 Å². The predicted octanol–water partition coefficient (Wildman–Crippen LogP) is 3.76. The number of amides is 1. The van der Waals surface area contributed by atoms with E-state index in [0.29, 0.717) is 10.2 Å². The number of nitrogens with one attached hydrogen (secondary N) is 1. The molecule has 5 nitrogen and oxygen atoms in total. The highest BCUT2D eigenvalue weighted by atomic mass is 79.9. The fourth-order valence-electron chi connectivity index (χ4n) is 1.67. The van der Waals surface area contributed by atoms with Crippen LogP contribution in [0, 0.1) is 0 Å². The molecular formula is C14H9BrClNO4. The van der Waals surface area contributed by atoms with Gasteiger partial charge >= 0.3 is 5.97 Å². The van der Waals surface area contributed by atoms with E-state index in [1.807, 2.05) is 0 Å². The minimum absolute atomic E-state index is 0.0293. The Bertz CT molecular complexity index is 733. The van der Waals surface area contributed by atoms with Gasteiger partial charge in [-0.2, -0.15) is 0 Å². The minimum atomic E-state index is -1.11. The third-order valence-corrected chi connectivity index (χ3v) is 3.38. The fourth-order valence-corrected chi connectivity index (χ4v) is 2.37. The van der Waals surface area contributed by atoms with E-state index >= 15 is 0 Å². The first-order valence-corrected chi connectivity index (χ1v) is 6.87. The number of phenols is 1. The molecule has 2 rings (SSSR count). The summed E-state index contributed by atoms with van der Waals surface area (Å²) in [6, 6.07) is 8.28. The summed E-state index contributed by atoms with van der Waals surface area (Å²) in [6.07, 6.45) is 0. The Kier molecular flexibility index (Phi) is 4.50. The molecule has 2 aromatic carbocycles. The number of hydrogen-bond acceptors (Lipinski definition) is 3. The number of anilines is 1. The highest BCUT2D eigenvalue weighted by molar-refractivity contribution is 9.10. The van der Waals surface area contributed by atoms with Crippen molar-refractivity contribution < 1.29 is 19.8 Å². The lowest BCUT2D eigenvalue weighted by atomic mass is 10.1. The Morgan fingerprint density at radius 2 is 1.86 bits per heavy atom. The predicted molar refractivity (Wildman–Crippen MR) is 82.2 cm³/mol. The molecule has 0 aliphatic rings. The van der Waals surface area contributed by atoms with Gasteiger partial charge in [0, 0.05) is 10.2 Å². The van der Waals surface area contributed by atoms with Gasteiger partial charge in [0.2, 0.25) is 0 Å². The first-order valence-electron chi connectivity index (χ1n) is 5.70. The number of carbonyl (C=O) groups excluding carboxylic acids is 1. The molecular weight excluding hydrogens is 362 g/mol. The van der Waals surface area contributed by atoms with Crippen molar-refractivity contribution in [2.45, 2.75) is 0 Å². The van der Waals surface area contributed by atoms with Gasteiger partial charge in [-0.3, -0.25) is 4.79 Å². The van der Waals surface area contributed by atoms with Crippen molar-refractivity contribution in [1.29, 1.82) is 0 Å². The molecule has 0 heterocycles. The molecule has 0 fully saturated rings. The van der Waals surface area contributed by atoms with Crippen molar-refractivity contribution in [3.8, 4) is 5.75 Å². The van der Waals surface area contributed by atoms with E-state index in [1.54, 1.807) is 6.07 Å². The molecule has 1 amide bonds. The van der Waals surface area contributed by atoms with Crippen LogP contribution in [0.3, 0.4) is 0 Å². The molecule has 0 unspecified atom stereocenters. The molecule has 0 bridgehead atoms. The lowest BCUT2D eigenvalue weighted by molar-refractivity contribution is 0.0696. The standard InChI is InChI=1S/C14H9BrClNO4/c15-8-3-7(14(20)21)4-9(5-8)17-13(19)11-6-10(18)1-2-12(11)16/h1-6,18H,(H,17,19)(H,20,21). The lowest BCUT2D eigenvalue weighted by Gasteiger charge is -2.08. The zero-order valence-electron chi connectivity index (χ0n) is 10.4. The second-order valence-electron chi connectivity index (χ2n) is 4.15. The average Bonchev–Trinajstić information content (AvgIpc) is 2.40. The van der Waals surface area contributed by atoms with Crippen molar-refractivity contribution in [1.82, 2.24) is 0 Å². The molecule has 0 radical (unpaired) electrons. The maximum absolute atomic E-state index is 12.1. The summed E-state index contributed by atoms with van der Waals surface area (Å²) in [6.45, 7) is 0. The van der Waals surface area contributed by atoms with Gasteiger partial charge in [0.05, 0.1) is 16.1 Å².